The van der Waals surface area contributed by atoms with E-state index < -0.39 is 10.9 Å². The number of nitro groups is 1. The molecule has 0 radical (unpaired) electrons. The van der Waals surface area contributed by atoms with Crippen molar-refractivity contribution in [1.82, 2.24) is 15.0 Å². The van der Waals surface area contributed by atoms with Gasteiger partial charge in [-0.05, 0) is 23.1 Å². The number of halogens is 2. The molecule has 3 rings (SSSR count). The third-order valence-electron chi connectivity index (χ3n) is 3.24. The largest absolute Gasteiger partial charge is 0.489 e. The average Bonchev–Trinajstić information content (AvgIpc) is 2.61. The van der Waals surface area contributed by atoms with Gasteiger partial charge in [-0.1, -0.05) is 39.2 Å². The molecule has 126 valence electrons. The summed E-state index contributed by atoms with van der Waals surface area (Å²) in [7, 11) is 0. The Morgan fingerprint density at radius 2 is 1.84 bits per heavy atom. The van der Waals surface area contributed by atoms with Crippen LogP contribution in [0.2, 0.25) is 10.0 Å². The van der Waals surface area contributed by atoms with Crippen molar-refractivity contribution in [2.45, 2.75) is 6.61 Å². The molecule has 0 spiro atoms. The van der Waals surface area contributed by atoms with E-state index in [0.29, 0.717) is 27.1 Å². The molecular formula is C16H10Cl2N4O3. The molecular weight excluding hydrogens is 367 g/mol. The number of benzene rings is 1. The first-order valence-corrected chi connectivity index (χ1v) is 7.78. The number of aromatic nitrogens is 3. The van der Waals surface area contributed by atoms with Crippen LogP contribution in [0.1, 0.15) is 5.56 Å². The van der Waals surface area contributed by atoms with Crippen molar-refractivity contribution >= 4 is 29.2 Å². The lowest BCUT2D eigenvalue weighted by atomic mass is 10.2. The Kier molecular flexibility index (Phi) is 5.06. The normalized spacial score (nSPS) is 10.5. The van der Waals surface area contributed by atoms with Gasteiger partial charge in [-0.15, -0.1) is 0 Å². The molecule has 0 aliphatic rings. The van der Waals surface area contributed by atoms with Gasteiger partial charge in [0.15, 0.2) is 0 Å². The SMILES string of the molecule is O=[N+]([O-])c1ncc(-c2cc(OCc3ccc(Cl)cc3Cl)ccn2)cn1. The number of hydrogen-bond donors (Lipinski definition) is 0. The summed E-state index contributed by atoms with van der Waals surface area (Å²) in [6.07, 6.45) is 4.25. The van der Waals surface area contributed by atoms with Gasteiger partial charge in [0.05, 0.1) is 11.3 Å². The molecule has 25 heavy (non-hydrogen) atoms. The van der Waals surface area contributed by atoms with Gasteiger partial charge in [-0.3, -0.25) is 4.98 Å². The molecule has 0 fully saturated rings. The Balaban J connectivity index is 1.76. The molecule has 0 N–H and O–H groups in total. The summed E-state index contributed by atoms with van der Waals surface area (Å²) in [6.45, 7) is 0.260. The lowest BCUT2D eigenvalue weighted by molar-refractivity contribution is -0.394. The van der Waals surface area contributed by atoms with E-state index in [9.17, 15) is 10.1 Å². The molecule has 9 heteroatoms. The highest BCUT2D eigenvalue weighted by atomic mass is 35.5. The van der Waals surface area contributed by atoms with Gasteiger partial charge in [0.1, 0.15) is 24.8 Å². The van der Waals surface area contributed by atoms with Gasteiger partial charge in [-0.2, -0.15) is 0 Å². The van der Waals surface area contributed by atoms with Gasteiger partial charge in [-0.25, -0.2) is 0 Å². The minimum atomic E-state index is -0.660. The molecule has 0 saturated carbocycles. The van der Waals surface area contributed by atoms with Gasteiger partial charge in [0, 0.05) is 27.9 Å². The standard InChI is InChI=1S/C16H10Cl2N4O3/c17-12-2-1-10(14(18)5-12)9-25-13-3-4-19-15(6-13)11-7-20-16(21-8-11)22(23)24/h1-8H,9H2. The molecule has 0 aliphatic carbocycles. The lowest BCUT2D eigenvalue weighted by Crippen LogP contribution is -1.98. The third-order valence-corrected chi connectivity index (χ3v) is 3.83. The molecule has 0 atom stereocenters. The van der Waals surface area contributed by atoms with Crippen LogP contribution in [-0.2, 0) is 6.61 Å². The quantitative estimate of drug-likeness (QED) is 0.485. The van der Waals surface area contributed by atoms with E-state index in [0.717, 1.165) is 5.56 Å². The van der Waals surface area contributed by atoms with Gasteiger partial charge < -0.3 is 14.9 Å². The second-order valence-electron chi connectivity index (χ2n) is 4.93. The highest BCUT2D eigenvalue weighted by molar-refractivity contribution is 6.35. The monoisotopic (exact) mass is 376 g/mol. The highest BCUT2D eigenvalue weighted by Crippen LogP contribution is 2.24. The summed E-state index contributed by atoms with van der Waals surface area (Å²) < 4.78 is 5.72. The van der Waals surface area contributed by atoms with Crippen LogP contribution in [0, 0.1) is 10.1 Å². The maximum atomic E-state index is 10.6. The van der Waals surface area contributed by atoms with E-state index in [1.54, 1.807) is 36.5 Å². The summed E-state index contributed by atoms with van der Waals surface area (Å²) in [6, 6.07) is 8.55. The predicted octanol–water partition coefficient (Wildman–Crippen LogP) is 4.33. The first-order chi connectivity index (χ1) is 12.0. The smallest absolute Gasteiger partial charge is 0.468 e. The summed E-state index contributed by atoms with van der Waals surface area (Å²) in [5.74, 6) is 0.0999. The minimum absolute atomic E-state index is 0.260. The van der Waals surface area contributed by atoms with E-state index in [-0.39, 0.29) is 6.61 Å². The average molecular weight is 377 g/mol. The van der Waals surface area contributed by atoms with Crippen LogP contribution in [-0.4, -0.2) is 19.9 Å². The van der Waals surface area contributed by atoms with Crippen LogP contribution in [0.5, 0.6) is 5.75 Å². The lowest BCUT2D eigenvalue weighted by Gasteiger charge is -2.09. The molecule has 0 bridgehead atoms. The third kappa shape index (κ3) is 4.20. The fourth-order valence-electron chi connectivity index (χ4n) is 2.01. The molecule has 0 amide bonds. The zero-order valence-electron chi connectivity index (χ0n) is 12.6. The van der Waals surface area contributed by atoms with Crippen LogP contribution in [0.25, 0.3) is 11.3 Å². The van der Waals surface area contributed by atoms with Crippen molar-refractivity contribution in [2.75, 3.05) is 0 Å². The maximum absolute atomic E-state index is 10.6. The molecule has 2 aromatic heterocycles. The first kappa shape index (κ1) is 17.1. The van der Waals surface area contributed by atoms with Crippen LogP contribution >= 0.6 is 23.2 Å². The van der Waals surface area contributed by atoms with Crippen molar-refractivity contribution in [3.05, 3.63) is 74.6 Å². The fraction of sp³-hybridized carbons (Fsp3) is 0.0625. The fourth-order valence-corrected chi connectivity index (χ4v) is 2.47. The molecule has 2 heterocycles. The Labute approximate surface area is 152 Å². The van der Waals surface area contributed by atoms with E-state index in [1.165, 1.54) is 12.4 Å². The molecule has 0 aliphatic heterocycles. The molecule has 3 aromatic rings. The molecule has 1 aromatic carbocycles. The van der Waals surface area contributed by atoms with E-state index in [1.807, 2.05) is 0 Å². The second-order valence-corrected chi connectivity index (χ2v) is 5.77. The number of pyridine rings is 1. The van der Waals surface area contributed by atoms with Crippen molar-refractivity contribution in [2.24, 2.45) is 0 Å². The van der Waals surface area contributed by atoms with Crippen LogP contribution in [0.4, 0.5) is 5.95 Å². The van der Waals surface area contributed by atoms with Crippen molar-refractivity contribution in [3.8, 4) is 17.0 Å². The summed E-state index contributed by atoms with van der Waals surface area (Å²) >= 11 is 12.0. The molecule has 0 unspecified atom stereocenters. The zero-order chi connectivity index (χ0) is 17.8. The van der Waals surface area contributed by atoms with E-state index >= 15 is 0 Å². The number of hydrogen-bond acceptors (Lipinski definition) is 6. The van der Waals surface area contributed by atoms with Gasteiger partial charge in [0.2, 0.25) is 0 Å². The van der Waals surface area contributed by atoms with Gasteiger partial charge >= 0.3 is 5.95 Å². The maximum Gasteiger partial charge on any atom is 0.468 e. The zero-order valence-corrected chi connectivity index (χ0v) is 14.1. The van der Waals surface area contributed by atoms with E-state index in [4.69, 9.17) is 27.9 Å². The predicted molar refractivity (Wildman–Crippen MR) is 92.7 cm³/mol. The van der Waals surface area contributed by atoms with Crippen molar-refractivity contribution in [3.63, 3.8) is 0 Å². The topological polar surface area (TPSA) is 91.0 Å². The Morgan fingerprint density at radius 3 is 2.52 bits per heavy atom. The van der Waals surface area contributed by atoms with Crippen molar-refractivity contribution in [1.29, 1.82) is 0 Å². The minimum Gasteiger partial charge on any atom is -0.489 e. The van der Waals surface area contributed by atoms with Crippen LogP contribution in [0.15, 0.2) is 48.9 Å². The van der Waals surface area contributed by atoms with Gasteiger partial charge in [0.25, 0.3) is 0 Å². The summed E-state index contributed by atoms with van der Waals surface area (Å²) in [5.41, 5.74) is 1.87. The second kappa shape index (κ2) is 7.42. The molecule has 7 nitrogen and oxygen atoms in total. The van der Waals surface area contributed by atoms with Crippen LogP contribution in [0.3, 0.4) is 0 Å². The highest BCUT2D eigenvalue weighted by Gasteiger charge is 2.11. The number of ether oxygens (including phenoxy) is 1. The molecule has 0 saturated heterocycles. The van der Waals surface area contributed by atoms with E-state index in [2.05, 4.69) is 15.0 Å². The van der Waals surface area contributed by atoms with Crippen molar-refractivity contribution < 1.29 is 9.66 Å². The number of rotatable bonds is 5. The van der Waals surface area contributed by atoms with Crippen LogP contribution < -0.4 is 4.74 Å². The summed E-state index contributed by atoms with van der Waals surface area (Å²) in [5, 5.41) is 11.7. The number of nitrogens with zero attached hydrogens (tertiary/aromatic N) is 4. The summed E-state index contributed by atoms with van der Waals surface area (Å²) in [4.78, 5) is 21.5. The first-order valence-electron chi connectivity index (χ1n) is 7.02. The Morgan fingerprint density at radius 1 is 1.08 bits per heavy atom. The Hall–Kier alpha value is -2.77. The Bertz CT molecular complexity index is 920.